The molecule has 21 heteroatoms. The van der Waals surface area contributed by atoms with Crippen LogP contribution in [0.3, 0.4) is 0 Å². The number of nitrogens with one attached hydrogen (secondary N) is 1. The summed E-state index contributed by atoms with van der Waals surface area (Å²) in [5.41, 5.74) is -15.1. The normalized spacial score (nSPS) is 15.4. The number of rotatable bonds is 3. The van der Waals surface area contributed by atoms with E-state index in [1.54, 1.807) is 0 Å². The van der Waals surface area contributed by atoms with Gasteiger partial charge in [0.15, 0.2) is 0 Å². The van der Waals surface area contributed by atoms with E-state index in [4.69, 9.17) is 0 Å². The lowest BCUT2D eigenvalue weighted by Crippen LogP contribution is -2.41. The van der Waals surface area contributed by atoms with Crippen molar-refractivity contribution in [3.8, 4) is 0 Å². The van der Waals surface area contributed by atoms with Crippen molar-refractivity contribution in [3.05, 3.63) is 99.7 Å². The molecule has 3 nitrogen and oxygen atoms in total. The van der Waals surface area contributed by atoms with E-state index in [1.807, 2.05) is 5.53 Å². The molecular weight excluding hydrogens is 696 g/mol. The number of benzene rings is 3. The summed E-state index contributed by atoms with van der Waals surface area (Å²) in [6.07, 6.45) is -32.8. The van der Waals surface area contributed by atoms with Crippen LogP contribution in [0.25, 0.3) is 5.70 Å². The molecule has 1 heterocycles. The molecule has 0 aliphatic carbocycles. The van der Waals surface area contributed by atoms with Gasteiger partial charge in [0.1, 0.15) is 0 Å². The van der Waals surface area contributed by atoms with Crippen molar-refractivity contribution in [2.75, 3.05) is 10.0 Å². The standard InChI is InChI=1S/C26H11F18N3/c27-21(28,29)12-1-11(2-13(3-12)22(30,31)32)20-10-46(18-6-14(23(33,34)35)4-15(7-18)24(36,37)38)45-47(20)19-8-16(25(39,40)41)5-17(9-19)26(42,43)44/h1-10,45H. The van der Waals surface area contributed by atoms with Gasteiger partial charge in [-0.15, -0.1) is 5.53 Å². The number of alkyl halides is 18. The first-order valence-electron chi connectivity index (χ1n) is 12.0. The molecule has 0 fully saturated rings. The fraction of sp³-hybridized carbons (Fsp3) is 0.231. The first kappa shape index (κ1) is 35.6. The molecule has 3 aromatic rings. The van der Waals surface area contributed by atoms with Gasteiger partial charge in [0.05, 0.1) is 50.5 Å². The Balaban J connectivity index is 2.05. The molecule has 3 aromatic carbocycles. The van der Waals surface area contributed by atoms with Gasteiger partial charge in [0.2, 0.25) is 0 Å². The van der Waals surface area contributed by atoms with Crippen molar-refractivity contribution in [1.29, 1.82) is 0 Å². The van der Waals surface area contributed by atoms with Gasteiger partial charge in [-0.3, -0.25) is 10.0 Å². The third-order valence-corrected chi connectivity index (χ3v) is 6.26. The van der Waals surface area contributed by atoms with Gasteiger partial charge in [-0.2, -0.15) is 79.0 Å². The van der Waals surface area contributed by atoms with Crippen LogP contribution in [-0.4, -0.2) is 0 Å². The molecule has 0 radical (unpaired) electrons. The van der Waals surface area contributed by atoms with Crippen LogP contribution in [0, 0.1) is 0 Å². The van der Waals surface area contributed by atoms with Crippen LogP contribution in [0.1, 0.15) is 38.9 Å². The van der Waals surface area contributed by atoms with Crippen LogP contribution in [0.15, 0.2) is 60.8 Å². The highest BCUT2D eigenvalue weighted by Gasteiger charge is 2.42. The molecule has 0 amide bonds. The smallest absolute Gasteiger partial charge is 0.264 e. The average molecular weight is 707 g/mol. The molecule has 0 bridgehead atoms. The lowest BCUT2D eigenvalue weighted by atomic mass is 10.0. The van der Waals surface area contributed by atoms with Crippen LogP contribution < -0.4 is 15.6 Å². The maximum atomic E-state index is 13.6. The summed E-state index contributed by atoms with van der Waals surface area (Å²) in [5.74, 6) is 0. The van der Waals surface area contributed by atoms with Crippen molar-refractivity contribution in [2.24, 2.45) is 0 Å². The van der Waals surface area contributed by atoms with Gasteiger partial charge in [-0.1, -0.05) is 0 Å². The van der Waals surface area contributed by atoms with E-state index >= 15 is 0 Å². The molecule has 0 atom stereocenters. The van der Waals surface area contributed by atoms with E-state index < -0.39 is 99.1 Å². The summed E-state index contributed by atoms with van der Waals surface area (Å²) < 4.78 is 244. The number of nitrogens with zero attached hydrogens (tertiary/aromatic N) is 2. The quantitative estimate of drug-likeness (QED) is 0.274. The molecule has 0 spiro atoms. The highest BCUT2D eigenvalue weighted by molar-refractivity contribution is 5.84. The summed E-state index contributed by atoms with van der Waals surface area (Å²) in [4.78, 5) is 0. The number of halogens is 18. The largest absolute Gasteiger partial charge is 0.416 e. The van der Waals surface area contributed by atoms with Crippen LogP contribution in [0.5, 0.6) is 0 Å². The van der Waals surface area contributed by atoms with Crippen LogP contribution >= 0.6 is 0 Å². The topological polar surface area (TPSA) is 18.5 Å². The Morgan fingerprint density at radius 1 is 0.362 bits per heavy atom. The number of hydrazine groups is 2. The fourth-order valence-corrected chi connectivity index (χ4v) is 4.15. The van der Waals surface area contributed by atoms with E-state index in [0.717, 1.165) is 0 Å². The highest BCUT2D eigenvalue weighted by Crippen LogP contribution is 2.44. The monoisotopic (exact) mass is 707 g/mol. The second-order valence-corrected chi connectivity index (χ2v) is 9.64. The molecule has 1 N–H and O–H groups in total. The van der Waals surface area contributed by atoms with Crippen molar-refractivity contribution >= 4 is 17.1 Å². The van der Waals surface area contributed by atoms with Crippen LogP contribution in [-0.2, 0) is 37.1 Å². The molecule has 256 valence electrons. The fourth-order valence-electron chi connectivity index (χ4n) is 4.15. The third-order valence-electron chi connectivity index (χ3n) is 6.26. The van der Waals surface area contributed by atoms with Gasteiger partial charge >= 0.3 is 37.1 Å². The van der Waals surface area contributed by atoms with Crippen LogP contribution in [0.2, 0.25) is 0 Å². The Hall–Kier alpha value is -4.30. The molecule has 0 saturated heterocycles. The van der Waals surface area contributed by atoms with E-state index in [-0.39, 0.29) is 64.7 Å². The molecule has 1 aliphatic heterocycles. The first-order chi connectivity index (χ1) is 21.0. The predicted octanol–water partition coefficient (Wildman–Crippen LogP) is 10.5. The maximum absolute atomic E-state index is 13.6. The second-order valence-electron chi connectivity index (χ2n) is 9.64. The van der Waals surface area contributed by atoms with Crippen molar-refractivity contribution in [3.63, 3.8) is 0 Å². The summed E-state index contributed by atoms with van der Waals surface area (Å²) in [7, 11) is 0. The number of anilines is 2. The van der Waals surface area contributed by atoms with E-state index in [0.29, 0.717) is 0 Å². The Morgan fingerprint density at radius 2 is 0.638 bits per heavy atom. The zero-order chi connectivity index (χ0) is 35.7. The second kappa shape index (κ2) is 11.2. The first-order valence-corrected chi connectivity index (χ1v) is 12.0. The lowest BCUT2D eigenvalue weighted by molar-refractivity contribution is -0.144. The third kappa shape index (κ3) is 7.82. The van der Waals surface area contributed by atoms with Gasteiger partial charge in [0.25, 0.3) is 0 Å². The molecule has 0 saturated carbocycles. The van der Waals surface area contributed by atoms with E-state index in [9.17, 15) is 79.0 Å². The average Bonchev–Trinajstić information content (AvgIpc) is 3.35. The maximum Gasteiger partial charge on any atom is 0.416 e. The zero-order valence-corrected chi connectivity index (χ0v) is 22.0. The Kier molecular flexibility index (Phi) is 8.44. The van der Waals surface area contributed by atoms with Crippen molar-refractivity contribution < 1.29 is 79.0 Å². The Bertz CT molecular complexity index is 1590. The SMILES string of the molecule is FC(F)(F)c1cc(C2=CN(c3cc(C(F)(F)F)cc(C(F)(F)F)c3)NN2c2cc(C(F)(F)F)cc(C(F)(F)F)c2)cc(C(F)(F)F)c1. The molecule has 4 rings (SSSR count). The molecule has 1 aliphatic rings. The van der Waals surface area contributed by atoms with Gasteiger partial charge < -0.3 is 0 Å². The Labute approximate surface area is 249 Å². The summed E-state index contributed by atoms with van der Waals surface area (Å²) in [5, 5.41) is 0.133. The summed E-state index contributed by atoms with van der Waals surface area (Å²) >= 11 is 0. The lowest BCUT2D eigenvalue weighted by Gasteiger charge is -2.27. The molecule has 0 aromatic heterocycles. The van der Waals surface area contributed by atoms with E-state index in [1.165, 1.54) is 0 Å². The molecule has 47 heavy (non-hydrogen) atoms. The van der Waals surface area contributed by atoms with Crippen molar-refractivity contribution in [1.82, 2.24) is 5.53 Å². The molecule has 0 unspecified atom stereocenters. The molecular formula is C26H11F18N3. The minimum Gasteiger partial charge on any atom is -0.264 e. The zero-order valence-electron chi connectivity index (χ0n) is 22.0. The summed E-state index contributed by atoms with van der Waals surface area (Å²) in [6.45, 7) is 0. The number of hydrogen-bond acceptors (Lipinski definition) is 3. The minimum atomic E-state index is -5.54. The van der Waals surface area contributed by atoms with Gasteiger partial charge in [-0.05, 0) is 54.6 Å². The van der Waals surface area contributed by atoms with Gasteiger partial charge in [0, 0.05) is 11.8 Å². The van der Waals surface area contributed by atoms with Crippen LogP contribution in [0.4, 0.5) is 90.4 Å². The predicted molar refractivity (Wildman–Crippen MR) is 125 cm³/mol. The van der Waals surface area contributed by atoms with E-state index in [2.05, 4.69) is 0 Å². The Morgan fingerprint density at radius 3 is 0.936 bits per heavy atom. The summed E-state index contributed by atoms with van der Waals surface area (Å²) in [6, 6.07) is -1.25. The minimum absolute atomic E-state index is 0.0143. The van der Waals surface area contributed by atoms with Gasteiger partial charge in [-0.25, -0.2) is 0 Å². The van der Waals surface area contributed by atoms with Crippen molar-refractivity contribution in [2.45, 2.75) is 37.1 Å². The highest BCUT2D eigenvalue weighted by atomic mass is 19.4. The number of hydrogen-bond donors (Lipinski definition) is 1.